The fraction of sp³-hybridized carbons (Fsp3) is 0.750. The first kappa shape index (κ1) is 13.2. The molecule has 4 nitrogen and oxygen atoms in total. The highest BCUT2D eigenvalue weighted by molar-refractivity contribution is 4.99. The summed E-state index contributed by atoms with van der Waals surface area (Å²) in [6, 6.07) is 2.54. The van der Waals surface area contributed by atoms with Crippen LogP contribution in [0.5, 0.6) is 0 Å². The Bertz CT molecular complexity index is 298. The van der Waals surface area contributed by atoms with Gasteiger partial charge in [0.25, 0.3) is 0 Å². The average molecular weight is 225 g/mol. The van der Waals surface area contributed by atoms with Gasteiger partial charge in [0, 0.05) is 32.4 Å². The predicted molar refractivity (Wildman–Crippen MR) is 65.4 cm³/mol. The molecule has 0 fully saturated rings. The zero-order valence-corrected chi connectivity index (χ0v) is 10.7. The summed E-state index contributed by atoms with van der Waals surface area (Å²) in [5.74, 6) is 0. The molecule has 0 aliphatic heterocycles. The highest BCUT2D eigenvalue weighted by atomic mass is 16.5. The predicted octanol–water partition coefficient (Wildman–Crippen LogP) is 1.98. The third-order valence-corrected chi connectivity index (χ3v) is 2.85. The lowest BCUT2D eigenvalue weighted by atomic mass is 10.3. The van der Waals surface area contributed by atoms with Crippen LogP contribution in [0.3, 0.4) is 0 Å². The molecule has 0 spiro atoms. The van der Waals surface area contributed by atoms with Crippen molar-refractivity contribution in [2.24, 2.45) is 0 Å². The fourth-order valence-electron chi connectivity index (χ4n) is 1.39. The minimum absolute atomic E-state index is 0.247. The Labute approximate surface area is 98.0 Å². The van der Waals surface area contributed by atoms with Crippen LogP contribution >= 0.6 is 0 Å². The number of rotatable bonds is 7. The van der Waals surface area contributed by atoms with Crippen LogP contribution in [-0.2, 0) is 11.3 Å². The maximum absolute atomic E-state index is 5.16. The van der Waals surface area contributed by atoms with E-state index in [9.17, 15) is 0 Å². The summed E-state index contributed by atoms with van der Waals surface area (Å²) in [5.41, 5.74) is 1.09. The molecule has 16 heavy (non-hydrogen) atoms. The van der Waals surface area contributed by atoms with Crippen molar-refractivity contribution >= 4 is 0 Å². The largest absolute Gasteiger partial charge is 0.380 e. The van der Waals surface area contributed by atoms with Crippen LogP contribution in [0.2, 0.25) is 0 Å². The maximum atomic E-state index is 5.16. The van der Waals surface area contributed by atoms with Crippen LogP contribution in [0.15, 0.2) is 12.3 Å². The molecule has 0 bridgehead atoms. The number of hydrogen-bond acceptors (Lipinski definition) is 3. The van der Waals surface area contributed by atoms with Gasteiger partial charge in [-0.05, 0) is 26.3 Å². The van der Waals surface area contributed by atoms with Gasteiger partial charge in [-0.25, -0.2) is 0 Å². The highest BCUT2D eigenvalue weighted by Gasteiger charge is 2.04. The molecule has 1 aromatic rings. The smallest absolute Gasteiger partial charge is 0.0762 e. The molecule has 1 heterocycles. The van der Waals surface area contributed by atoms with Crippen molar-refractivity contribution in [3.63, 3.8) is 0 Å². The molecule has 1 aromatic heterocycles. The van der Waals surface area contributed by atoms with E-state index >= 15 is 0 Å². The molecule has 0 aromatic carbocycles. The molecule has 1 N–H and O–H groups in total. The van der Waals surface area contributed by atoms with Gasteiger partial charge in [0.05, 0.1) is 11.8 Å². The van der Waals surface area contributed by atoms with Crippen molar-refractivity contribution in [2.45, 2.75) is 45.9 Å². The zero-order chi connectivity index (χ0) is 12.0. The summed E-state index contributed by atoms with van der Waals surface area (Å²) in [7, 11) is 1.73. The second-order valence-electron chi connectivity index (χ2n) is 4.22. The molecule has 4 heteroatoms. The zero-order valence-electron chi connectivity index (χ0n) is 10.7. The van der Waals surface area contributed by atoms with E-state index in [4.69, 9.17) is 4.74 Å². The topological polar surface area (TPSA) is 39.1 Å². The lowest BCUT2D eigenvalue weighted by molar-refractivity contribution is 0.117. The van der Waals surface area contributed by atoms with Crippen LogP contribution in [0, 0.1) is 0 Å². The first-order valence-corrected chi connectivity index (χ1v) is 5.94. The van der Waals surface area contributed by atoms with E-state index in [1.165, 1.54) is 0 Å². The summed E-state index contributed by atoms with van der Waals surface area (Å²) in [6.07, 6.45) is 3.40. The van der Waals surface area contributed by atoms with Crippen LogP contribution in [0.4, 0.5) is 0 Å². The molecule has 92 valence electrons. The Morgan fingerprint density at radius 3 is 2.88 bits per heavy atom. The molecule has 2 unspecified atom stereocenters. The SMILES string of the molecule is CCC(C)n1ccc(CNCC(C)OC)n1. The van der Waals surface area contributed by atoms with Crippen LogP contribution in [0.25, 0.3) is 0 Å². The third-order valence-electron chi connectivity index (χ3n) is 2.85. The van der Waals surface area contributed by atoms with Gasteiger partial charge in [0.15, 0.2) is 0 Å². The van der Waals surface area contributed by atoms with E-state index in [0.717, 1.165) is 25.2 Å². The summed E-state index contributed by atoms with van der Waals surface area (Å²) >= 11 is 0. The van der Waals surface area contributed by atoms with E-state index < -0.39 is 0 Å². The summed E-state index contributed by atoms with van der Waals surface area (Å²) in [5, 5.41) is 7.84. The Morgan fingerprint density at radius 2 is 2.25 bits per heavy atom. The highest BCUT2D eigenvalue weighted by Crippen LogP contribution is 2.08. The summed E-state index contributed by atoms with van der Waals surface area (Å²) in [4.78, 5) is 0. The molecule has 0 aliphatic rings. The van der Waals surface area contributed by atoms with E-state index in [2.05, 4.69) is 30.3 Å². The van der Waals surface area contributed by atoms with Gasteiger partial charge in [0.2, 0.25) is 0 Å². The van der Waals surface area contributed by atoms with Gasteiger partial charge < -0.3 is 10.1 Å². The number of nitrogens with one attached hydrogen (secondary N) is 1. The molecule has 0 saturated heterocycles. The van der Waals surface area contributed by atoms with Crippen molar-refractivity contribution in [1.82, 2.24) is 15.1 Å². The first-order chi connectivity index (χ1) is 7.67. The van der Waals surface area contributed by atoms with Crippen LogP contribution in [-0.4, -0.2) is 29.5 Å². The minimum Gasteiger partial charge on any atom is -0.380 e. The normalized spacial score (nSPS) is 15.0. The summed E-state index contributed by atoms with van der Waals surface area (Å²) < 4.78 is 7.19. The Kier molecular flexibility index (Phi) is 5.49. The minimum atomic E-state index is 0.247. The molecule has 0 aliphatic carbocycles. The number of ether oxygens (including phenoxy) is 1. The van der Waals surface area contributed by atoms with Gasteiger partial charge in [-0.3, -0.25) is 4.68 Å². The molecule has 2 atom stereocenters. The lowest BCUT2D eigenvalue weighted by Gasteiger charge is -2.10. The van der Waals surface area contributed by atoms with E-state index in [1.807, 2.05) is 17.8 Å². The summed E-state index contributed by atoms with van der Waals surface area (Å²) in [6.45, 7) is 8.05. The number of methoxy groups -OCH3 is 1. The third kappa shape index (κ3) is 3.94. The average Bonchev–Trinajstić information content (AvgIpc) is 2.76. The van der Waals surface area contributed by atoms with Gasteiger partial charge in [0.1, 0.15) is 0 Å². The van der Waals surface area contributed by atoms with E-state index in [1.54, 1.807) is 7.11 Å². The van der Waals surface area contributed by atoms with E-state index in [0.29, 0.717) is 6.04 Å². The molecule has 0 saturated carbocycles. The Hall–Kier alpha value is -0.870. The molecular formula is C12H23N3O. The van der Waals surface area contributed by atoms with Gasteiger partial charge in [-0.15, -0.1) is 0 Å². The van der Waals surface area contributed by atoms with Gasteiger partial charge >= 0.3 is 0 Å². The van der Waals surface area contributed by atoms with Crippen LogP contribution < -0.4 is 5.32 Å². The second-order valence-corrected chi connectivity index (χ2v) is 4.22. The molecule has 0 amide bonds. The van der Waals surface area contributed by atoms with Crippen molar-refractivity contribution in [3.8, 4) is 0 Å². The lowest BCUT2D eigenvalue weighted by Crippen LogP contribution is -2.25. The number of nitrogens with zero attached hydrogens (tertiary/aromatic N) is 2. The Balaban J connectivity index is 2.35. The molecule has 0 radical (unpaired) electrons. The van der Waals surface area contributed by atoms with Gasteiger partial charge in [-0.2, -0.15) is 5.10 Å². The van der Waals surface area contributed by atoms with Crippen LogP contribution in [0.1, 0.15) is 38.9 Å². The van der Waals surface area contributed by atoms with Gasteiger partial charge in [-0.1, -0.05) is 6.92 Å². The quantitative estimate of drug-likeness (QED) is 0.771. The second kappa shape index (κ2) is 6.66. The number of hydrogen-bond donors (Lipinski definition) is 1. The van der Waals surface area contributed by atoms with Crippen molar-refractivity contribution < 1.29 is 4.74 Å². The van der Waals surface area contributed by atoms with Crippen molar-refractivity contribution in [1.29, 1.82) is 0 Å². The fourth-order valence-corrected chi connectivity index (χ4v) is 1.39. The monoisotopic (exact) mass is 225 g/mol. The molecule has 1 rings (SSSR count). The molecular weight excluding hydrogens is 202 g/mol. The number of aromatic nitrogens is 2. The standard InChI is InChI=1S/C12H23N3O/c1-5-10(2)15-7-6-12(14-15)9-13-8-11(3)16-4/h6-7,10-11,13H,5,8-9H2,1-4H3. The first-order valence-electron chi connectivity index (χ1n) is 5.94. The van der Waals surface area contributed by atoms with Crippen molar-refractivity contribution in [2.75, 3.05) is 13.7 Å². The van der Waals surface area contributed by atoms with E-state index in [-0.39, 0.29) is 6.10 Å². The Morgan fingerprint density at radius 1 is 1.50 bits per heavy atom. The van der Waals surface area contributed by atoms with Crippen molar-refractivity contribution in [3.05, 3.63) is 18.0 Å². The maximum Gasteiger partial charge on any atom is 0.0762 e.